The summed E-state index contributed by atoms with van der Waals surface area (Å²) in [6.45, 7) is 8.40. The van der Waals surface area contributed by atoms with Crippen LogP contribution in [0.25, 0.3) is 0 Å². The largest absolute Gasteiger partial charge is 0.469 e. The van der Waals surface area contributed by atoms with Crippen molar-refractivity contribution in [2.24, 2.45) is 11.8 Å². The normalized spacial score (nSPS) is 12.5. The lowest BCUT2D eigenvalue weighted by Gasteiger charge is -2.18. The van der Waals surface area contributed by atoms with E-state index in [-0.39, 0.29) is 19.4 Å². The van der Waals surface area contributed by atoms with Crippen molar-refractivity contribution in [1.82, 2.24) is 0 Å². The van der Waals surface area contributed by atoms with E-state index < -0.39 is 32.5 Å². The number of esters is 2. The van der Waals surface area contributed by atoms with Crippen LogP contribution >= 0.6 is 7.82 Å². The minimum Gasteiger partial charge on any atom is -0.462 e. The van der Waals surface area contributed by atoms with Gasteiger partial charge >= 0.3 is 19.8 Å². The average Bonchev–Trinajstić information content (AvgIpc) is 3.09. The van der Waals surface area contributed by atoms with Gasteiger partial charge < -0.3 is 19.3 Å². The lowest BCUT2D eigenvalue weighted by molar-refractivity contribution is -0.161. The maximum atomic E-state index is 12.4. The van der Waals surface area contributed by atoms with Crippen LogP contribution in [0.15, 0.2) is 0 Å². The lowest BCUT2D eigenvalue weighted by atomic mass is 10.0. The Bertz CT molecular complexity index is 858. The van der Waals surface area contributed by atoms with Gasteiger partial charge in [0.15, 0.2) is 6.10 Å². The van der Waals surface area contributed by atoms with Crippen LogP contribution in [0.2, 0.25) is 0 Å². The van der Waals surface area contributed by atoms with Crippen LogP contribution in [0.3, 0.4) is 0 Å². The van der Waals surface area contributed by atoms with Crippen molar-refractivity contribution in [3.05, 3.63) is 0 Å². The van der Waals surface area contributed by atoms with Gasteiger partial charge in [-0.3, -0.25) is 14.1 Å². The summed E-state index contributed by atoms with van der Waals surface area (Å²) in [6.07, 6.45) is 38.4. The lowest BCUT2D eigenvalue weighted by Crippen LogP contribution is -2.29. The van der Waals surface area contributed by atoms with E-state index in [4.69, 9.17) is 19.3 Å². The van der Waals surface area contributed by atoms with Crippen molar-refractivity contribution in [2.75, 3.05) is 13.2 Å². The molecule has 0 radical (unpaired) electrons. The molecule has 0 spiro atoms. The molecule has 0 rings (SSSR count). The minimum absolute atomic E-state index is 0.218. The number of rotatable bonds is 41. The second kappa shape index (κ2) is 37.9. The monoisotopic (exact) mass is 775 g/mol. The molecule has 0 saturated heterocycles. The first kappa shape index (κ1) is 52.0. The van der Waals surface area contributed by atoms with Crippen LogP contribution in [0.5, 0.6) is 0 Å². The number of carbonyl (C=O) groups is 2. The van der Waals surface area contributed by atoms with Crippen LogP contribution < -0.4 is 0 Å². The van der Waals surface area contributed by atoms with Crippen molar-refractivity contribution in [1.29, 1.82) is 0 Å². The molecule has 9 heteroatoms. The van der Waals surface area contributed by atoms with Gasteiger partial charge in [0, 0.05) is 12.8 Å². The molecule has 0 aliphatic heterocycles. The molecule has 0 aliphatic carbocycles. The molecular weight excluding hydrogens is 687 g/mol. The number of ether oxygens (including phenoxy) is 2. The predicted octanol–water partition coefficient (Wildman–Crippen LogP) is 13.7. The maximum absolute atomic E-state index is 12.4. The summed E-state index contributed by atoms with van der Waals surface area (Å²) in [5, 5.41) is 0. The molecule has 0 unspecified atom stereocenters. The van der Waals surface area contributed by atoms with Crippen molar-refractivity contribution < 1.29 is 37.9 Å². The minimum atomic E-state index is -4.75. The van der Waals surface area contributed by atoms with Gasteiger partial charge in [0.05, 0.1) is 6.61 Å². The molecule has 8 nitrogen and oxygen atoms in total. The molecule has 0 aliphatic rings. The first-order valence-corrected chi connectivity index (χ1v) is 24.1. The Morgan fingerprint density at radius 2 is 0.717 bits per heavy atom. The van der Waals surface area contributed by atoms with E-state index in [1.54, 1.807) is 0 Å². The van der Waals surface area contributed by atoms with E-state index in [1.807, 2.05) is 0 Å². The number of carbonyl (C=O) groups excluding carboxylic acids is 2. The molecule has 0 heterocycles. The SMILES string of the molecule is CC(C)CCCCCCCCCCCCCCCCCCCCC(=O)OC[C@H](COP(=O)(O)O)OC(=O)CCCCCCCCCCCCCC(C)C. The molecule has 1 atom stereocenters. The summed E-state index contributed by atoms with van der Waals surface area (Å²) >= 11 is 0. The standard InChI is InChI=1S/C44H87O8P/c1-40(2)34-30-26-22-18-14-11-9-7-5-6-8-10-12-16-20-24-28-32-36-43(45)50-38-42(39-51-53(47,48)49)52-44(46)37-33-29-25-21-17-13-15-19-23-27-31-35-41(3)4/h40-42H,5-39H2,1-4H3,(H2,47,48,49)/t42-/m1/s1. The highest BCUT2D eigenvalue weighted by atomic mass is 31.2. The van der Waals surface area contributed by atoms with Crippen LogP contribution in [0.4, 0.5) is 0 Å². The zero-order valence-electron chi connectivity index (χ0n) is 35.3. The van der Waals surface area contributed by atoms with Crippen LogP contribution in [-0.4, -0.2) is 41.0 Å². The van der Waals surface area contributed by atoms with E-state index >= 15 is 0 Å². The molecule has 0 aromatic heterocycles. The predicted molar refractivity (Wildman–Crippen MR) is 221 cm³/mol. The van der Waals surface area contributed by atoms with Gasteiger partial charge in [-0.05, 0) is 24.7 Å². The van der Waals surface area contributed by atoms with Gasteiger partial charge in [-0.2, -0.15) is 0 Å². The zero-order chi connectivity index (χ0) is 39.3. The first-order chi connectivity index (χ1) is 25.5. The first-order valence-electron chi connectivity index (χ1n) is 22.5. The quantitative estimate of drug-likeness (QED) is 0.0358. The number of phosphoric ester groups is 1. The van der Waals surface area contributed by atoms with Gasteiger partial charge in [-0.1, -0.05) is 214 Å². The van der Waals surface area contributed by atoms with E-state index in [1.165, 1.54) is 154 Å². The molecule has 2 N–H and O–H groups in total. The van der Waals surface area contributed by atoms with Crippen molar-refractivity contribution in [2.45, 2.75) is 246 Å². The maximum Gasteiger partial charge on any atom is 0.469 e. The van der Waals surface area contributed by atoms with Gasteiger partial charge in [0.2, 0.25) is 0 Å². The molecule has 0 fully saturated rings. The Labute approximate surface area is 327 Å². The zero-order valence-corrected chi connectivity index (χ0v) is 36.2. The third-order valence-electron chi connectivity index (χ3n) is 10.2. The summed E-state index contributed by atoms with van der Waals surface area (Å²) < 4.78 is 26.4. The Kier molecular flexibility index (Phi) is 37.3. The van der Waals surface area contributed by atoms with Crippen LogP contribution in [-0.2, 0) is 28.2 Å². The highest BCUT2D eigenvalue weighted by molar-refractivity contribution is 7.46. The number of unbranched alkanes of at least 4 members (excludes halogenated alkanes) is 27. The van der Waals surface area contributed by atoms with E-state index in [0.29, 0.717) is 6.42 Å². The molecule has 0 saturated carbocycles. The Balaban J connectivity index is 3.80. The molecule has 316 valence electrons. The van der Waals surface area contributed by atoms with Crippen molar-refractivity contribution >= 4 is 19.8 Å². The topological polar surface area (TPSA) is 119 Å². The summed E-state index contributed by atoms with van der Waals surface area (Å²) in [5.41, 5.74) is 0. The third kappa shape index (κ3) is 43.6. The average molecular weight is 775 g/mol. The fourth-order valence-electron chi connectivity index (χ4n) is 6.86. The Hall–Kier alpha value is -0.950. The van der Waals surface area contributed by atoms with E-state index in [9.17, 15) is 14.2 Å². The smallest absolute Gasteiger partial charge is 0.462 e. The van der Waals surface area contributed by atoms with Gasteiger partial charge in [-0.15, -0.1) is 0 Å². The summed E-state index contributed by atoms with van der Waals surface area (Å²) in [4.78, 5) is 42.9. The molecule has 0 aromatic carbocycles. The molecule has 53 heavy (non-hydrogen) atoms. The number of hydrogen-bond acceptors (Lipinski definition) is 6. The van der Waals surface area contributed by atoms with Crippen LogP contribution in [0.1, 0.15) is 240 Å². The van der Waals surface area contributed by atoms with Crippen LogP contribution in [0, 0.1) is 11.8 Å². The molecule has 0 bridgehead atoms. The van der Waals surface area contributed by atoms with Crippen molar-refractivity contribution in [3.63, 3.8) is 0 Å². The number of phosphoric acid groups is 1. The summed E-state index contributed by atoms with van der Waals surface area (Å²) in [7, 11) is -4.75. The van der Waals surface area contributed by atoms with E-state index in [0.717, 1.165) is 50.4 Å². The molecule has 0 amide bonds. The fraction of sp³-hybridized carbons (Fsp3) is 0.955. The van der Waals surface area contributed by atoms with Gasteiger partial charge in [0.25, 0.3) is 0 Å². The summed E-state index contributed by atoms with van der Waals surface area (Å²) in [6, 6.07) is 0. The third-order valence-corrected chi connectivity index (χ3v) is 10.7. The Morgan fingerprint density at radius 1 is 0.434 bits per heavy atom. The molecular formula is C44H87O8P. The summed E-state index contributed by atoms with van der Waals surface area (Å²) in [5.74, 6) is 0.790. The fourth-order valence-corrected chi connectivity index (χ4v) is 7.22. The molecule has 0 aromatic rings. The second-order valence-electron chi connectivity index (χ2n) is 16.7. The van der Waals surface area contributed by atoms with Crippen molar-refractivity contribution in [3.8, 4) is 0 Å². The second-order valence-corrected chi connectivity index (χ2v) is 17.9. The van der Waals surface area contributed by atoms with E-state index in [2.05, 4.69) is 32.2 Å². The number of hydrogen-bond donors (Lipinski definition) is 2. The van der Waals surface area contributed by atoms with Gasteiger partial charge in [0.1, 0.15) is 6.61 Å². The highest BCUT2D eigenvalue weighted by Crippen LogP contribution is 2.36. The van der Waals surface area contributed by atoms with Gasteiger partial charge in [-0.25, -0.2) is 4.57 Å². The Morgan fingerprint density at radius 3 is 1.02 bits per heavy atom. The highest BCUT2D eigenvalue weighted by Gasteiger charge is 2.23.